The van der Waals surface area contributed by atoms with Crippen molar-refractivity contribution < 1.29 is 18.3 Å². The molecule has 1 aliphatic carbocycles. The number of amides is 1. The van der Waals surface area contributed by atoms with Gasteiger partial charge in [-0.2, -0.15) is 0 Å². The second kappa shape index (κ2) is 6.62. The normalized spacial score (nSPS) is 29.1. The van der Waals surface area contributed by atoms with Crippen molar-refractivity contribution in [2.24, 2.45) is 0 Å². The minimum atomic E-state index is -3.02. The van der Waals surface area contributed by atoms with Crippen molar-refractivity contribution in [3.8, 4) is 0 Å². The summed E-state index contributed by atoms with van der Waals surface area (Å²) in [5, 5.41) is 12.0. The van der Waals surface area contributed by atoms with Crippen molar-refractivity contribution >= 4 is 15.7 Å². The Labute approximate surface area is 126 Å². The molecule has 1 saturated carbocycles. The lowest BCUT2D eigenvalue weighted by Crippen LogP contribution is -2.51. The highest BCUT2D eigenvalue weighted by atomic mass is 32.2. The number of carbonyl (C=O) groups excluding carboxylic acids is 1. The largest absolute Gasteiger partial charge is 0.395 e. The van der Waals surface area contributed by atoms with Gasteiger partial charge in [-0.3, -0.25) is 9.69 Å². The minimum absolute atomic E-state index is 0.0230. The van der Waals surface area contributed by atoms with Crippen molar-refractivity contribution in [2.75, 3.05) is 31.2 Å². The third kappa shape index (κ3) is 4.66. The first-order valence-electron chi connectivity index (χ1n) is 7.70. The number of nitrogens with one attached hydrogen (secondary N) is 1. The summed E-state index contributed by atoms with van der Waals surface area (Å²) in [7, 11) is -3.02. The van der Waals surface area contributed by atoms with Crippen molar-refractivity contribution in [2.45, 2.75) is 50.6 Å². The van der Waals surface area contributed by atoms with Crippen LogP contribution in [0.3, 0.4) is 0 Å². The van der Waals surface area contributed by atoms with Crippen LogP contribution in [0.25, 0.3) is 0 Å². The van der Waals surface area contributed by atoms with Gasteiger partial charge in [0.2, 0.25) is 5.91 Å². The Balaban J connectivity index is 1.90. The van der Waals surface area contributed by atoms with E-state index in [1.165, 1.54) is 12.8 Å². The van der Waals surface area contributed by atoms with Crippen LogP contribution in [0.1, 0.15) is 39.0 Å². The van der Waals surface area contributed by atoms with Crippen molar-refractivity contribution in [3.63, 3.8) is 0 Å². The van der Waals surface area contributed by atoms with E-state index in [0.717, 1.165) is 12.8 Å². The number of rotatable bonds is 6. The van der Waals surface area contributed by atoms with Gasteiger partial charge in [0.05, 0.1) is 30.2 Å². The summed E-state index contributed by atoms with van der Waals surface area (Å²) in [5.41, 5.74) is -0.642. The lowest BCUT2D eigenvalue weighted by Gasteiger charge is -2.30. The van der Waals surface area contributed by atoms with Crippen LogP contribution in [0.15, 0.2) is 0 Å². The van der Waals surface area contributed by atoms with Crippen LogP contribution in [-0.4, -0.2) is 67.1 Å². The molecule has 1 atom stereocenters. The van der Waals surface area contributed by atoms with Crippen LogP contribution in [0.4, 0.5) is 0 Å². The molecule has 2 fully saturated rings. The van der Waals surface area contributed by atoms with Crippen molar-refractivity contribution in [1.82, 2.24) is 10.2 Å². The molecule has 2 N–H and O–H groups in total. The first-order chi connectivity index (χ1) is 9.84. The summed E-state index contributed by atoms with van der Waals surface area (Å²) in [6.07, 6.45) is 4.96. The summed E-state index contributed by atoms with van der Waals surface area (Å²) in [6, 6.07) is 0.364. The molecule has 2 rings (SSSR count). The lowest BCUT2D eigenvalue weighted by atomic mass is 10.0. The Morgan fingerprint density at radius 3 is 2.57 bits per heavy atom. The van der Waals surface area contributed by atoms with E-state index in [4.69, 9.17) is 5.11 Å². The predicted octanol–water partition coefficient (Wildman–Crippen LogP) is -0.0833. The quantitative estimate of drug-likeness (QED) is 0.715. The maximum Gasteiger partial charge on any atom is 0.234 e. The van der Waals surface area contributed by atoms with E-state index in [2.05, 4.69) is 5.32 Å². The molecule has 0 bridgehead atoms. The van der Waals surface area contributed by atoms with Gasteiger partial charge in [-0.15, -0.1) is 0 Å². The van der Waals surface area contributed by atoms with Gasteiger partial charge >= 0.3 is 0 Å². The molecule has 1 unspecified atom stereocenters. The number of nitrogens with zero attached hydrogens (tertiary/aromatic N) is 1. The topological polar surface area (TPSA) is 86.7 Å². The molecular formula is C14H26N2O4S. The van der Waals surface area contributed by atoms with Gasteiger partial charge in [0.1, 0.15) is 0 Å². The second-order valence-corrected chi connectivity index (χ2v) is 8.77. The zero-order chi connectivity index (χ0) is 15.5. The average molecular weight is 318 g/mol. The summed E-state index contributed by atoms with van der Waals surface area (Å²) >= 11 is 0. The highest BCUT2D eigenvalue weighted by Crippen LogP contribution is 2.24. The minimum Gasteiger partial charge on any atom is -0.395 e. The molecule has 21 heavy (non-hydrogen) atoms. The molecule has 122 valence electrons. The fourth-order valence-electron chi connectivity index (χ4n) is 3.46. The van der Waals surface area contributed by atoms with Crippen LogP contribution in [-0.2, 0) is 14.6 Å². The molecule has 0 aromatic rings. The van der Waals surface area contributed by atoms with Gasteiger partial charge in [-0.25, -0.2) is 8.42 Å². The van der Waals surface area contributed by atoms with Gasteiger partial charge in [-0.05, 0) is 26.2 Å². The van der Waals surface area contributed by atoms with E-state index in [9.17, 15) is 13.2 Å². The smallest absolute Gasteiger partial charge is 0.234 e. The maximum atomic E-state index is 12.2. The number of hydrogen-bond acceptors (Lipinski definition) is 5. The van der Waals surface area contributed by atoms with Crippen molar-refractivity contribution in [1.29, 1.82) is 0 Å². The molecule has 0 aromatic heterocycles. The van der Waals surface area contributed by atoms with Gasteiger partial charge in [0.15, 0.2) is 9.84 Å². The van der Waals surface area contributed by atoms with Gasteiger partial charge in [-0.1, -0.05) is 12.8 Å². The Hall–Kier alpha value is -0.660. The molecule has 0 spiro atoms. The van der Waals surface area contributed by atoms with E-state index >= 15 is 0 Å². The van der Waals surface area contributed by atoms with Crippen LogP contribution in [0.2, 0.25) is 0 Å². The highest BCUT2D eigenvalue weighted by Gasteiger charge is 2.39. The summed E-state index contributed by atoms with van der Waals surface area (Å²) < 4.78 is 23.1. The van der Waals surface area contributed by atoms with Gasteiger partial charge in [0.25, 0.3) is 0 Å². The monoisotopic (exact) mass is 318 g/mol. The number of carbonyl (C=O) groups is 1. The Morgan fingerprint density at radius 1 is 1.38 bits per heavy atom. The van der Waals surface area contributed by atoms with Crippen LogP contribution in [0, 0.1) is 0 Å². The molecule has 0 aromatic carbocycles. The molecule has 1 aliphatic heterocycles. The van der Waals surface area contributed by atoms with Crippen LogP contribution in [0.5, 0.6) is 0 Å². The fraction of sp³-hybridized carbons (Fsp3) is 0.929. The summed E-state index contributed by atoms with van der Waals surface area (Å²) in [4.78, 5) is 14.3. The molecule has 6 nitrogen and oxygen atoms in total. The van der Waals surface area contributed by atoms with Crippen molar-refractivity contribution in [3.05, 3.63) is 0 Å². The van der Waals surface area contributed by atoms with Crippen LogP contribution >= 0.6 is 0 Å². The SMILES string of the molecule is CC1(NC(=O)CN(CCO)C2CCCC2)CCS(=O)(=O)C1. The zero-order valence-electron chi connectivity index (χ0n) is 12.7. The summed E-state index contributed by atoms with van der Waals surface area (Å²) in [6.45, 7) is 2.56. The number of hydrogen-bond donors (Lipinski definition) is 2. The molecule has 0 radical (unpaired) electrons. The van der Waals surface area contributed by atoms with Gasteiger partial charge in [0, 0.05) is 12.6 Å². The Kier molecular flexibility index (Phi) is 5.27. The second-order valence-electron chi connectivity index (χ2n) is 6.58. The van der Waals surface area contributed by atoms with E-state index < -0.39 is 15.4 Å². The molecule has 7 heteroatoms. The first kappa shape index (κ1) is 16.7. The number of sulfone groups is 1. The fourth-order valence-corrected chi connectivity index (χ4v) is 5.55. The summed E-state index contributed by atoms with van der Waals surface area (Å²) in [5.74, 6) is 0.0250. The molecular weight excluding hydrogens is 292 g/mol. The Bertz CT molecular complexity index is 473. The van der Waals surface area contributed by atoms with E-state index in [0.29, 0.717) is 19.0 Å². The molecule has 1 saturated heterocycles. The third-order valence-electron chi connectivity index (χ3n) is 4.52. The third-order valence-corrected chi connectivity index (χ3v) is 6.42. The number of aliphatic hydroxyl groups is 1. The Morgan fingerprint density at radius 2 is 2.05 bits per heavy atom. The first-order valence-corrected chi connectivity index (χ1v) is 9.52. The van der Waals surface area contributed by atoms with E-state index in [-0.39, 0.29) is 30.6 Å². The predicted molar refractivity (Wildman–Crippen MR) is 80.7 cm³/mol. The average Bonchev–Trinajstić information content (AvgIpc) is 2.97. The maximum absolute atomic E-state index is 12.2. The zero-order valence-corrected chi connectivity index (χ0v) is 13.5. The lowest BCUT2D eigenvalue weighted by molar-refractivity contribution is -0.124. The standard InChI is InChI=1S/C14H26N2O4S/c1-14(6-9-21(19,20)11-14)15-13(18)10-16(7-8-17)12-4-2-3-5-12/h12,17H,2-11H2,1H3,(H,15,18). The molecule has 2 aliphatic rings. The van der Waals surface area contributed by atoms with Gasteiger partial charge < -0.3 is 10.4 Å². The van der Waals surface area contributed by atoms with Crippen LogP contribution < -0.4 is 5.32 Å². The molecule has 1 heterocycles. The molecule has 1 amide bonds. The number of aliphatic hydroxyl groups excluding tert-OH is 1. The van der Waals surface area contributed by atoms with E-state index in [1.807, 2.05) is 4.90 Å². The van der Waals surface area contributed by atoms with E-state index in [1.54, 1.807) is 6.92 Å². The highest BCUT2D eigenvalue weighted by molar-refractivity contribution is 7.91.